The lowest BCUT2D eigenvalue weighted by atomic mass is 9.94. The first kappa shape index (κ1) is 16.0. The maximum atomic E-state index is 12.0. The van der Waals surface area contributed by atoms with Gasteiger partial charge in [0.2, 0.25) is 0 Å². The van der Waals surface area contributed by atoms with Gasteiger partial charge in [-0.15, -0.1) is 12.4 Å². The number of fused-ring (bicyclic) bond motifs is 1. The summed E-state index contributed by atoms with van der Waals surface area (Å²) in [5.74, 6) is 0.410. The van der Waals surface area contributed by atoms with Gasteiger partial charge in [0, 0.05) is 24.1 Å². The molecular formula is C14H22ClN5O. The normalized spacial score (nSPS) is 16.3. The largest absolute Gasteiger partial charge is 0.317 e. The monoisotopic (exact) mass is 311 g/mol. The van der Waals surface area contributed by atoms with Crippen LogP contribution in [0.1, 0.15) is 30.0 Å². The molecule has 0 atom stereocenters. The Bertz CT molecular complexity index is 657. The van der Waals surface area contributed by atoms with Gasteiger partial charge in [-0.25, -0.2) is 4.52 Å². The fourth-order valence-corrected chi connectivity index (χ4v) is 2.92. The number of aromatic amines is 1. The molecule has 116 valence electrons. The van der Waals surface area contributed by atoms with Gasteiger partial charge in [-0.3, -0.25) is 4.79 Å². The van der Waals surface area contributed by atoms with Gasteiger partial charge in [0.15, 0.2) is 0 Å². The molecule has 3 rings (SSSR count). The topological polar surface area (TPSA) is 65.4 Å². The summed E-state index contributed by atoms with van der Waals surface area (Å²) < 4.78 is 1.91. The first-order valence-electron chi connectivity index (χ1n) is 7.10. The number of nitrogens with one attached hydrogen (secondary N) is 2. The Hall–Kier alpha value is -1.37. The predicted octanol–water partition coefficient (Wildman–Crippen LogP) is 0.973. The van der Waals surface area contributed by atoms with Crippen LogP contribution in [0.2, 0.25) is 0 Å². The number of H-pyrrole nitrogens is 1. The van der Waals surface area contributed by atoms with Gasteiger partial charge in [-0.05, 0) is 40.0 Å². The molecule has 2 aromatic rings. The maximum absolute atomic E-state index is 12.0. The number of rotatable bonds is 3. The van der Waals surface area contributed by atoms with Crippen LogP contribution in [0.5, 0.6) is 0 Å². The molecule has 21 heavy (non-hydrogen) atoms. The van der Waals surface area contributed by atoms with Crippen LogP contribution in [-0.4, -0.2) is 46.7 Å². The van der Waals surface area contributed by atoms with E-state index in [1.165, 1.54) is 0 Å². The van der Waals surface area contributed by atoms with Crippen molar-refractivity contribution in [3.05, 3.63) is 33.9 Å². The van der Waals surface area contributed by atoms with Crippen molar-refractivity contribution >= 4 is 18.1 Å². The average Bonchev–Trinajstić information content (AvgIpc) is 2.81. The standard InChI is InChI=1S/C14H21N5O.ClH/c1-18(2)9-11-8-16-19-12(7-13(20)17-14(11)19)10-3-5-15-6-4-10;/h7-8,10,15H,3-6,9H2,1-2H3,(H,17,20);1H. The third-order valence-corrected chi connectivity index (χ3v) is 3.85. The summed E-state index contributed by atoms with van der Waals surface area (Å²) in [6.07, 6.45) is 3.97. The molecule has 1 aliphatic heterocycles. The lowest BCUT2D eigenvalue weighted by Crippen LogP contribution is -2.28. The zero-order chi connectivity index (χ0) is 14.1. The fourth-order valence-electron chi connectivity index (χ4n) is 2.92. The number of aromatic nitrogens is 3. The first-order valence-corrected chi connectivity index (χ1v) is 7.10. The zero-order valence-electron chi connectivity index (χ0n) is 12.4. The Kier molecular flexibility index (Phi) is 5.03. The lowest BCUT2D eigenvalue weighted by molar-refractivity contribution is 0.403. The second kappa shape index (κ2) is 6.60. The molecule has 1 saturated heterocycles. The Balaban J connectivity index is 0.00000161. The van der Waals surface area contributed by atoms with Crippen molar-refractivity contribution < 1.29 is 0 Å². The molecule has 0 saturated carbocycles. The number of halogens is 1. The van der Waals surface area contributed by atoms with Gasteiger partial charge >= 0.3 is 0 Å². The smallest absolute Gasteiger partial charge is 0.251 e. The van der Waals surface area contributed by atoms with Crippen molar-refractivity contribution in [1.82, 2.24) is 24.8 Å². The van der Waals surface area contributed by atoms with E-state index < -0.39 is 0 Å². The van der Waals surface area contributed by atoms with Crippen molar-refractivity contribution in [2.45, 2.75) is 25.3 Å². The van der Waals surface area contributed by atoms with Crippen molar-refractivity contribution in [3.8, 4) is 0 Å². The summed E-state index contributed by atoms with van der Waals surface area (Å²) in [5, 5.41) is 7.84. The van der Waals surface area contributed by atoms with Crippen molar-refractivity contribution in [3.63, 3.8) is 0 Å². The number of nitrogens with zero attached hydrogens (tertiary/aromatic N) is 3. The molecule has 0 radical (unpaired) electrons. The van der Waals surface area contributed by atoms with E-state index in [9.17, 15) is 4.79 Å². The fraction of sp³-hybridized carbons (Fsp3) is 0.571. The summed E-state index contributed by atoms with van der Waals surface area (Å²) in [6.45, 7) is 2.78. The number of piperidine rings is 1. The van der Waals surface area contributed by atoms with Crippen LogP contribution >= 0.6 is 12.4 Å². The molecule has 0 unspecified atom stereocenters. The second-order valence-corrected chi connectivity index (χ2v) is 5.75. The van der Waals surface area contributed by atoms with Crippen LogP contribution in [0.25, 0.3) is 5.65 Å². The predicted molar refractivity (Wildman–Crippen MR) is 85.3 cm³/mol. The van der Waals surface area contributed by atoms with E-state index in [1.807, 2.05) is 24.8 Å². The third kappa shape index (κ3) is 3.28. The number of hydrogen-bond acceptors (Lipinski definition) is 4. The minimum atomic E-state index is -0.0356. The summed E-state index contributed by atoms with van der Waals surface area (Å²) in [7, 11) is 4.02. The van der Waals surface area contributed by atoms with Gasteiger partial charge in [-0.2, -0.15) is 5.10 Å². The highest BCUT2D eigenvalue weighted by atomic mass is 35.5. The van der Waals surface area contributed by atoms with Crippen LogP contribution < -0.4 is 10.9 Å². The van der Waals surface area contributed by atoms with Crippen molar-refractivity contribution in [2.75, 3.05) is 27.2 Å². The van der Waals surface area contributed by atoms with E-state index in [1.54, 1.807) is 6.07 Å². The molecule has 0 spiro atoms. The second-order valence-electron chi connectivity index (χ2n) is 5.75. The van der Waals surface area contributed by atoms with Gasteiger partial charge in [0.25, 0.3) is 5.56 Å². The molecule has 2 N–H and O–H groups in total. The van der Waals surface area contributed by atoms with Crippen molar-refractivity contribution in [1.29, 1.82) is 0 Å². The molecule has 7 heteroatoms. The summed E-state index contributed by atoms with van der Waals surface area (Å²) in [4.78, 5) is 17.0. The van der Waals surface area contributed by atoms with E-state index in [2.05, 4.69) is 20.3 Å². The van der Waals surface area contributed by atoms with Crippen LogP contribution in [0, 0.1) is 0 Å². The Morgan fingerprint density at radius 3 is 2.76 bits per heavy atom. The quantitative estimate of drug-likeness (QED) is 0.886. The molecule has 0 amide bonds. The van der Waals surface area contributed by atoms with E-state index in [0.29, 0.717) is 5.92 Å². The first-order chi connectivity index (χ1) is 9.65. The Morgan fingerprint density at radius 2 is 2.10 bits per heavy atom. The zero-order valence-corrected chi connectivity index (χ0v) is 13.2. The molecule has 1 aliphatic rings. The van der Waals surface area contributed by atoms with Crippen LogP contribution in [-0.2, 0) is 6.54 Å². The molecule has 1 fully saturated rings. The molecule has 3 heterocycles. The van der Waals surface area contributed by atoms with Gasteiger partial charge in [0.05, 0.1) is 11.9 Å². The Morgan fingerprint density at radius 1 is 1.38 bits per heavy atom. The molecule has 0 aliphatic carbocycles. The molecule has 2 aromatic heterocycles. The summed E-state index contributed by atoms with van der Waals surface area (Å²) in [5.41, 5.74) is 2.89. The molecule has 0 bridgehead atoms. The highest BCUT2D eigenvalue weighted by molar-refractivity contribution is 5.85. The highest BCUT2D eigenvalue weighted by Crippen LogP contribution is 2.24. The average molecular weight is 312 g/mol. The summed E-state index contributed by atoms with van der Waals surface area (Å²) >= 11 is 0. The van der Waals surface area contributed by atoms with E-state index >= 15 is 0 Å². The van der Waals surface area contributed by atoms with Crippen LogP contribution in [0.3, 0.4) is 0 Å². The maximum Gasteiger partial charge on any atom is 0.251 e. The highest BCUT2D eigenvalue weighted by Gasteiger charge is 2.20. The van der Waals surface area contributed by atoms with Gasteiger partial charge in [0.1, 0.15) is 5.65 Å². The van der Waals surface area contributed by atoms with Crippen LogP contribution in [0.4, 0.5) is 0 Å². The van der Waals surface area contributed by atoms with Crippen molar-refractivity contribution in [2.24, 2.45) is 0 Å². The van der Waals surface area contributed by atoms with E-state index in [4.69, 9.17) is 0 Å². The minimum absolute atomic E-state index is 0. The van der Waals surface area contributed by atoms with E-state index in [-0.39, 0.29) is 18.0 Å². The third-order valence-electron chi connectivity index (χ3n) is 3.85. The molecular weight excluding hydrogens is 290 g/mol. The van der Waals surface area contributed by atoms with Gasteiger partial charge in [-0.1, -0.05) is 0 Å². The molecule has 6 nitrogen and oxygen atoms in total. The molecule has 0 aromatic carbocycles. The SMILES string of the molecule is CN(C)Cc1cnn2c(C3CCNCC3)cc(=O)[nH]c12.Cl. The van der Waals surface area contributed by atoms with Gasteiger partial charge < -0.3 is 15.2 Å². The lowest BCUT2D eigenvalue weighted by Gasteiger charge is -2.23. The van der Waals surface area contributed by atoms with E-state index in [0.717, 1.165) is 49.4 Å². The summed E-state index contributed by atoms with van der Waals surface area (Å²) in [6, 6.07) is 1.70. The number of hydrogen-bond donors (Lipinski definition) is 2. The minimum Gasteiger partial charge on any atom is -0.317 e. The van der Waals surface area contributed by atoms with Crippen LogP contribution in [0.15, 0.2) is 17.1 Å². The Labute approximate surface area is 129 Å².